The second-order valence-corrected chi connectivity index (χ2v) is 9.42. The number of nitrogens with one attached hydrogen (secondary N) is 2. The first-order valence-corrected chi connectivity index (χ1v) is 12.9. The molecule has 0 radical (unpaired) electrons. The van der Waals surface area contributed by atoms with Crippen LogP contribution in [0.1, 0.15) is 62.1 Å². The average molecular weight is 731 g/mol. The summed E-state index contributed by atoms with van der Waals surface area (Å²) in [5.41, 5.74) is -0.923. The Morgan fingerprint density at radius 3 is 1.07 bits per heavy atom. The van der Waals surface area contributed by atoms with Gasteiger partial charge in [0.25, 0.3) is 11.8 Å². The maximum absolute atomic E-state index is 12.1. The molecule has 0 aliphatic heterocycles. The molecule has 4 aromatic carbocycles. The number of para-hydroxylation sites is 2. The van der Waals surface area contributed by atoms with E-state index in [9.17, 15) is 28.8 Å². The fourth-order valence-electron chi connectivity index (χ4n) is 3.61. The van der Waals surface area contributed by atoms with Crippen LogP contribution in [0.2, 0.25) is 10.0 Å². The van der Waals surface area contributed by atoms with Crippen molar-refractivity contribution in [2.24, 2.45) is 0 Å². The molecule has 0 saturated carbocycles. The van der Waals surface area contributed by atoms with E-state index in [-0.39, 0.29) is 48.5 Å². The Morgan fingerprint density at radius 1 is 0.467 bits per heavy atom. The summed E-state index contributed by atoms with van der Waals surface area (Å²) in [5.74, 6) is -6.79. The fourth-order valence-corrected chi connectivity index (χ4v) is 3.98. The molecule has 0 aromatic heterocycles. The molecule has 0 fully saturated rings. The number of carbonyl (C=O) groups is 6. The van der Waals surface area contributed by atoms with Gasteiger partial charge < -0.3 is 31.1 Å². The minimum Gasteiger partial charge on any atom is -0.478 e. The van der Waals surface area contributed by atoms with Gasteiger partial charge in [-0.05, 0) is 60.7 Å². The number of carboxylic acid groups (broad SMARTS) is 4. The van der Waals surface area contributed by atoms with Crippen LogP contribution in [-0.4, -0.2) is 56.1 Å². The van der Waals surface area contributed by atoms with Crippen molar-refractivity contribution >= 4 is 70.3 Å². The van der Waals surface area contributed by atoms with Crippen LogP contribution in [0.25, 0.3) is 0 Å². The summed E-state index contributed by atoms with van der Waals surface area (Å²) >= 11 is 11.8. The molecule has 2 amide bonds. The number of halogens is 2. The van der Waals surface area contributed by atoms with E-state index in [1.54, 1.807) is 48.5 Å². The summed E-state index contributed by atoms with van der Waals surface area (Å²) < 4.78 is 0. The van der Waals surface area contributed by atoms with Crippen LogP contribution < -0.4 is 10.6 Å². The zero-order valence-corrected chi connectivity index (χ0v) is 26.5. The Labute approximate surface area is 283 Å². The number of hydrogen-bond donors (Lipinski definition) is 6. The first-order valence-electron chi connectivity index (χ1n) is 12.1. The summed E-state index contributed by atoms with van der Waals surface area (Å²) in [6.07, 6.45) is 0. The summed E-state index contributed by atoms with van der Waals surface area (Å²) in [6.45, 7) is 0. The Hall–Kier alpha value is -4.84. The maximum atomic E-state index is 12.1. The maximum Gasteiger partial charge on any atom is 0.336 e. The number of hydrogen-bond acceptors (Lipinski definition) is 6. The molecule has 4 rings (SSSR count). The van der Waals surface area contributed by atoms with Gasteiger partial charge >= 0.3 is 23.9 Å². The van der Waals surface area contributed by atoms with Crippen molar-refractivity contribution in [1.82, 2.24) is 0 Å². The van der Waals surface area contributed by atoms with Crippen molar-refractivity contribution < 1.29 is 75.4 Å². The van der Waals surface area contributed by atoms with E-state index in [0.717, 1.165) is 24.3 Å². The summed E-state index contributed by atoms with van der Waals surface area (Å²) in [5, 5.41) is 41.7. The first-order chi connectivity index (χ1) is 20.8. The van der Waals surface area contributed by atoms with Gasteiger partial charge in [-0.3, -0.25) is 9.59 Å². The van der Waals surface area contributed by atoms with Crippen molar-refractivity contribution in [3.63, 3.8) is 0 Å². The van der Waals surface area contributed by atoms with Gasteiger partial charge in [-0.15, -0.1) is 0 Å². The number of aromatic carboxylic acids is 4. The van der Waals surface area contributed by atoms with Crippen LogP contribution in [0.15, 0.2) is 84.9 Å². The molecular formula is C30H20Cl2N2O10Zr. The monoisotopic (exact) mass is 728 g/mol. The van der Waals surface area contributed by atoms with Gasteiger partial charge in [0.1, 0.15) is 0 Å². The van der Waals surface area contributed by atoms with Crippen LogP contribution in [0.3, 0.4) is 0 Å². The van der Waals surface area contributed by atoms with Crippen molar-refractivity contribution in [2.75, 3.05) is 10.6 Å². The van der Waals surface area contributed by atoms with Crippen LogP contribution in [0.5, 0.6) is 0 Å². The molecule has 6 N–H and O–H groups in total. The summed E-state index contributed by atoms with van der Waals surface area (Å²) in [6, 6.07) is 19.8. The van der Waals surface area contributed by atoms with E-state index in [1.807, 2.05) is 0 Å². The molecule has 228 valence electrons. The first kappa shape index (κ1) is 36.4. The zero-order chi connectivity index (χ0) is 32.6. The second kappa shape index (κ2) is 16.3. The third-order valence-electron chi connectivity index (χ3n) is 5.73. The molecule has 0 bridgehead atoms. The summed E-state index contributed by atoms with van der Waals surface area (Å²) in [4.78, 5) is 68.3. The second-order valence-electron chi connectivity index (χ2n) is 8.61. The third kappa shape index (κ3) is 9.57. The Bertz CT molecular complexity index is 1680. The number of rotatable bonds is 8. The minimum absolute atomic E-state index is 0. The number of benzene rings is 4. The number of carboxylic acids is 4. The number of amides is 2. The smallest absolute Gasteiger partial charge is 0.336 e. The van der Waals surface area contributed by atoms with Crippen molar-refractivity contribution in [1.29, 1.82) is 0 Å². The van der Waals surface area contributed by atoms with Crippen LogP contribution in [0.4, 0.5) is 11.4 Å². The topological polar surface area (TPSA) is 207 Å². The molecule has 15 heteroatoms. The van der Waals surface area contributed by atoms with Crippen LogP contribution in [-0.2, 0) is 26.2 Å². The molecule has 0 unspecified atom stereocenters. The number of carbonyl (C=O) groups excluding carboxylic acids is 2. The van der Waals surface area contributed by atoms with E-state index in [0.29, 0.717) is 21.4 Å². The molecular weight excluding hydrogens is 710 g/mol. The third-order valence-corrected chi connectivity index (χ3v) is 6.39. The molecule has 0 saturated heterocycles. The summed E-state index contributed by atoms with van der Waals surface area (Å²) in [7, 11) is 0. The van der Waals surface area contributed by atoms with Gasteiger partial charge in [-0.1, -0.05) is 47.5 Å². The quantitative estimate of drug-likeness (QED) is 0.125. The Kier molecular flexibility index (Phi) is 13.2. The molecule has 45 heavy (non-hydrogen) atoms. The minimum atomic E-state index is -1.43. The van der Waals surface area contributed by atoms with Gasteiger partial charge in [0, 0.05) is 37.3 Å². The molecule has 0 atom stereocenters. The normalized spacial score (nSPS) is 9.82. The van der Waals surface area contributed by atoms with E-state index < -0.39 is 46.8 Å². The van der Waals surface area contributed by atoms with Gasteiger partial charge in [0.15, 0.2) is 0 Å². The van der Waals surface area contributed by atoms with E-state index in [2.05, 4.69) is 10.6 Å². The Morgan fingerprint density at radius 2 is 0.778 bits per heavy atom. The van der Waals surface area contributed by atoms with Crippen molar-refractivity contribution in [3.05, 3.63) is 128 Å². The Balaban J connectivity index is 0.000000307. The average Bonchev–Trinajstić information content (AvgIpc) is 2.99. The van der Waals surface area contributed by atoms with E-state index in [1.165, 1.54) is 12.1 Å². The van der Waals surface area contributed by atoms with Gasteiger partial charge in [0.2, 0.25) is 0 Å². The molecule has 4 aromatic rings. The van der Waals surface area contributed by atoms with Gasteiger partial charge in [0.05, 0.1) is 43.7 Å². The molecule has 12 nitrogen and oxygen atoms in total. The largest absolute Gasteiger partial charge is 0.478 e. The molecule has 0 spiro atoms. The van der Waals surface area contributed by atoms with Gasteiger partial charge in [-0.2, -0.15) is 0 Å². The molecule has 0 heterocycles. The fraction of sp³-hybridized carbons (Fsp3) is 0. The molecule has 0 aliphatic carbocycles. The standard InChI is InChI=1S/2C15H10ClNO5.Zr/c2*16-11-3-1-2-4-12(11)17-13(18)8-5-6-9(14(19)20)10(7-8)15(21)22;/h2*1-7H,(H,17,18)(H,19,20)(H,21,22);. The van der Waals surface area contributed by atoms with E-state index in [4.69, 9.17) is 43.6 Å². The van der Waals surface area contributed by atoms with Gasteiger partial charge in [-0.25, -0.2) is 19.2 Å². The predicted molar refractivity (Wildman–Crippen MR) is 160 cm³/mol. The van der Waals surface area contributed by atoms with Crippen LogP contribution >= 0.6 is 23.2 Å². The van der Waals surface area contributed by atoms with E-state index >= 15 is 0 Å². The zero-order valence-electron chi connectivity index (χ0n) is 22.6. The predicted octanol–water partition coefficient (Wildman–Crippen LogP) is 5.97. The SMILES string of the molecule is O=C(Nc1ccccc1Cl)c1ccc(C(=O)O)c(C(=O)O)c1.O=C(Nc1ccccc1Cl)c1ccc(C(=O)O)c(C(=O)O)c1.[Zr]. The van der Waals surface area contributed by atoms with Crippen molar-refractivity contribution in [2.45, 2.75) is 0 Å². The van der Waals surface area contributed by atoms with Crippen LogP contribution in [0, 0.1) is 0 Å². The number of anilines is 2. The van der Waals surface area contributed by atoms with Crippen molar-refractivity contribution in [3.8, 4) is 0 Å². The molecule has 0 aliphatic rings.